The second-order valence-corrected chi connectivity index (χ2v) is 22.3. The van der Waals surface area contributed by atoms with Gasteiger partial charge in [-0.1, -0.05) is 144 Å². The van der Waals surface area contributed by atoms with Gasteiger partial charge in [0.2, 0.25) is 0 Å². The molecule has 0 unspecified atom stereocenters. The number of imidazole rings is 1. The summed E-state index contributed by atoms with van der Waals surface area (Å²) in [7, 11) is -1.67. The molecule has 0 bridgehead atoms. The number of pyridine rings is 1. The minimum atomic E-state index is -1.67. The Balaban J connectivity index is 0.000000210. The van der Waals surface area contributed by atoms with E-state index in [0.717, 1.165) is 72.1 Å². The second kappa shape index (κ2) is 17.1. The van der Waals surface area contributed by atoms with Gasteiger partial charge < -0.3 is 14.0 Å². The van der Waals surface area contributed by atoms with Gasteiger partial charge in [0.1, 0.15) is 5.58 Å². The summed E-state index contributed by atoms with van der Waals surface area (Å²) in [6.07, 6.45) is 0.528. The number of benzene rings is 6. The Morgan fingerprint density at radius 2 is 1.51 bits per heavy atom. The van der Waals surface area contributed by atoms with E-state index >= 15 is 0 Å². The molecular formula is C53H51IrN3OSi-2. The Morgan fingerprint density at radius 1 is 0.780 bits per heavy atom. The number of para-hydroxylation sites is 3. The number of fused-ring (bicyclic) bond motifs is 4. The van der Waals surface area contributed by atoms with Gasteiger partial charge in [-0.25, -0.2) is 0 Å². The fourth-order valence-corrected chi connectivity index (χ4v) is 8.93. The van der Waals surface area contributed by atoms with E-state index in [1.165, 1.54) is 16.7 Å². The van der Waals surface area contributed by atoms with E-state index in [1.54, 1.807) is 0 Å². The zero-order chi connectivity index (χ0) is 42.4. The van der Waals surface area contributed by atoms with Crippen molar-refractivity contribution in [2.45, 2.75) is 66.0 Å². The average molecular weight is 968 g/mol. The summed E-state index contributed by atoms with van der Waals surface area (Å²) in [5.41, 5.74) is 11.7. The first-order valence-corrected chi connectivity index (χ1v) is 23.6. The molecule has 4 nitrogen and oxygen atoms in total. The van der Waals surface area contributed by atoms with E-state index in [1.807, 2.05) is 80.7 Å². The summed E-state index contributed by atoms with van der Waals surface area (Å²) in [5.74, 6) is 0.731. The van der Waals surface area contributed by atoms with Crippen LogP contribution in [0.5, 0.6) is 0 Å². The number of nitrogens with zero attached hydrogens (tertiary/aromatic N) is 3. The van der Waals surface area contributed by atoms with Crippen LogP contribution in [0.4, 0.5) is 0 Å². The van der Waals surface area contributed by atoms with E-state index in [9.17, 15) is 0 Å². The summed E-state index contributed by atoms with van der Waals surface area (Å²) >= 11 is 0. The maximum atomic E-state index is 8.55. The van der Waals surface area contributed by atoms with Crippen LogP contribution in [0.3, 0.4) is 0 Å². The molecule has 0 spiro atoms. The molecule has 0 aliphatic rings. The van der Waals surface area contributed by atoms with Crippen LogP contribution in [0.1, 0.15) is 48.5 Å². The minimum absolute atomic E-state index is 0. The molecular weight excluding hydrogens is 915 g/mol. The van der Waals surface area contributed by atoms with Crippen molar-refractivity contribution in [3.05, 3.63) is 169 Å². The predicted octanol–water partition coefficient (Wildman–Crippen LogP) is 13.6. The molecule has 6 heteroatoms. The normalized spacial score (nSPS) is 12.6. The van der Waals surface area contributed by atoms with E-state index in [2.05, 4.69) is 141 Å². The molecule has 0 amide bonds. The molecule has 6 aromatic carbocycles. The van der Waals surface area contributed by atoms with Crippen molar-refractivity contribution in [1.29, 1.82) is 0 Å². The predicted molar refractivity (Wildman–Crippen MR) is 247 cm³/mol. The first-order valence-electron chi connectivity index (χ1n) is 21.1. The van der Waals surface area contributed by atoms with E-state index in [-0.39, 0.29) is 31.4 Å². The first-order chi connectivity index (χ1) is 28.6. The molecule has 0 saturated carbocycles. The van der Waals surface area contributed by atoms with Crippen molar-refractivity contribution in [1.82, 2.24) is 14.5 Å². The zero-order valence-electron chi connectivity index (χ0n) is 37.0. The van der Waals surface area contributed by atoms with E-state index < -0.39 is 14.4 Å². The van der Waals surface area contributed by atoms with Crippen LogP contribution >= 0.6 is 0 Å². The van der Waals surface area contributed by atoms with Gasteiger partial charge in [-0.3, -0.25) is 4.98 Å². The molecule has 1 radical (unpaired) electrons. The largest absolute Gasteiger partial charge is 0.501 e. The van der Waals surface area contributed by atoms with Crippen molar-refractivity contribution < 1.29 is 27.3 Å². The summed E-state index contributed by atoms with van der Waals surface area (Å²) in [6, 6.07) is 54.2. The Morgan fingerprint density at radius 3 is 2.24 bits per heavy atom. The van der Waals surface area contributed by atoms with Crippen molar-refractivity contribution in [2.24, 2.45) is 5.92 Å². The molecule has 59 heavy (non-hydrogen) atoms. The van der Waals surface area contributed by atoms with Gasteiger partial charge in [-0.2, -0.15) is 0 Å². The summed E-state index contributed by atoms with van der Waals surface area (Å²) in [6.45, 7) is 17.3. The molecule has 0 N–H and O–H groups in total. The van der Waals surface area contributed by atoms with Crippen molar-refractivity contribution >= 4 is 46.2 Å². The molecule has 9 aromatic rings. The van der Waals surface area contributed by atoms with E-state index in [0.29, 0.717) is 0 Å². The number of furan rings is 1. The molecule has 3 aromatic heterocycles. The zero-order valence-corrected chi connectivity index (χ0v) is 38.4. The quantitative estimate of drug-likeness (QED) is 0.118. The second-order valence-electron chi connectivity index (χ2n) is 17.2. The monoisotopic (exact) mass is 968 g/mol. The summed E-state index contributed by atoms with van der Waals surface area (Å²) in [5, 5.41) is 3.27. The molecule has 0 fully saturated rings. The summed E-state index contributed by atoms with van der Waals surface area (Å²) in [4.78, 5) is 9.74. The molecule has 0 atom stereocenters. The first kappa shape index (κ1) is 39.1. The number of aromatic nitrogens is 3. The number of rotatable bonds is 7. The Kier molecular flexibility index (Phi) is 11.3. The maximum Gasteiger partial charge on any atom is 0.120 e. The topological polar surface area (TPSA) is 43.9 Å². The Labute approximate surface area is 366 Å². The maximum absolute atomic E-state index is 8.55. The van der Waals surface area contributed by atoms with Crippen molar-refractivity contribution in [3.63, 3.8) is 0 Å². The summed E-state index contributed by atoms with van der Waals surface area (Å²) < 4.78 is 25.8. The van der Waals surface area contributed by atoms with Gasteiger partial charge in [-0.15, -0.1) is 54.1 Å². The van der Waals surface area contributed by atoms with Crippen molar-refractivity contribution in [2.75, 3.05) is 0 Å². The Bertz CT molecular complexity index is 2960. The molecule has 0 aliphatic carbocycles. The minimum Gasteiger partial charge on any atom is -0.501 e. The molecule has 3 heterocycles. The third-order valence-electron chi connectivity index (χ3n) is 10.5. The van der Waals surface area contributed by atoms with Crippen LogP contribution < -0.4 is 5.19 Å². The number of hydrogen-bond donors (Lipinski definition) is 0. The van der Waals surface area contributed by atoms with Crippen LogP contribution in [0.2, 0.25) is 19.6 Å². The smallest absolute Gasteiger partial charge is 0.120 e. The van der Waals surface area contributed by atoms with Gasteiger partial charge in [0.15, 0.2) is 0 Å². The molecule has 299 valence electrons. The third kappa shape index (κ3) is 8.68. The van der Waals surface area contributed by atoms with Crippen LogP contribution in [0.25, 0.3) is 72.4 Å². The van der Waals surface area contributed by atoms with Gasteiger partial charge in [-0.05, 0) is 70.0 Å². The van der Waals surface area contributed by atoms with Crippen LogP contribution in [0, 0.1) is 18.1 Å². The fourth-order valence-electron chi connectivity index (χ4n) is 7.52. The molecule has 9 rings (SSSR count). The molecule has 0 aliphatic heterocycles. The standard InChI is InChI=1S/C35H27N2O.C18H24NSi.Ir/c1-35(2,3)24-20-21-30(28(22-24)23-12-5-4-6-13-23)37-31-18-9-8-17-29(31)36-34(37)27-16-11-15-26-25-14-7-10-19-32(25)38-33(26)27;1-14(2)11-16-12-17(15-9-7-6-8-10-15)19-13-18(16)20(3,4)5;/h4-15,17-22H,1-3H3;6-9,12-14H,11H2,1-5H3;/q2*-1;/i;11D2;. The van der Waals surface area contributed by atoms with Crippen molar-refractivity contribution in [3.8, 4) is 39.5 Å². The molecule has 0 saturated heterocycles. The van der Waals surface area contributed by atoms with Gasteiger partial charge >= 0.3 is 0 Å². The fraction of sp³-hybridized carbons (Fsp3) is 0.208. The average Bonchev–Trinajstić information content (AvgIpc) is 3.82. The van der Waals surface area contributed by atoms with Crippen LogP contribution in [-0.4, -0.2) is 22.6 Å². The van der Waals surface area contributed by atoms with Gasteiger partial charge in [0.05, 0.1) is 30.5 Å². The Hall–Kier alpha value is -5.39. The van der Waals surface area contributed by atoms with Gasteiger partial charge in [0, 0.05) is 45.7 Å². The SMILES string of the molecule is CC(C)(C)c1ccc(-n2c(-c3[c-]ccc4c3oc3ccccc34)nc3ccccc32)c(-c2ccccc2)c1.[2H]C([2H])(c1cc(-c2[c-]cccc2)ncc1[Si](C)(C)C)C(C)C.[Ir]. The number of hydrogen-bond acceptors (Lipinski definition) is 3. The third-order valence-corrected chi connectivity index (χ3v) is 12.5. The van der Waals surface area contributed by atoms with Crippen LogP contribution in [-0.2, 0) is 31.9 Å². The van der Waals surface area contributed by atoms with Crippen LogP contribution in [0.15, 0.2) is 150 Å². The van der Waals surface area contributed by atoms with Gasteiger partial charge in [0.25, 0.3) is 0 Å². The van der Waals surface area contributed by atoms with E-state index in [4.69, 9.17) is 12.1 Å².